The predicted molar refractivity (Wildman–Crippen MR) is 99.0 cm³/mol. The van der Waals surface area contributed by atoms with Gasteiger partial charge in [0.25, 0.3) is 0 Å². The maximum absolute atomic E-state index is 12.8. The number of benzene rings is 2. The molecule has 2 bridgehead atoms. The molecule has 1 fully saturated rings. The minimum absolute atomic E-state index is 0.0360. The second-order valence-electron chi connectivity index (χ2n) is 7.68. The molecule has 1 saturated heterocycles. The summed E-state index contributed by atoms with van der Waals surface area (Å²) in [4.78, 5) is 12.8. The second kappa shape index (κ2) is 5.98. The summed E-state index contributed by atoms with van der Waals surface area (Å²) in [6, 6.07) is 10.0. The van der Waals surface area contributed by atoms with Crippen LogP contribution in [0.25, 0.3) is 0 Å². The summed E-state index contributed by atoms with van der Waals surface area (Å²) in [7, 11) is 0. The minimum Gasteiger partial charge on any atom is -0.507 e. The summed E-state index contributed by atoms with van der Waals surface area (Å²) in [6.45, 7) is 0. The van der Waals surface area contributed by atoms with Crippen molar-refractivity contribution in [2.24, 2.45) is 0 Å². The van der Waals surface area contributed by atoms with E-state index in [0.29, 0.717) is 34.6 Å². The van der Waals surface area contributed by atoms with Gasteiger partial charge in [-0.25, -0.2) is 4.79 Å². The lowest BCUT2D eigenvalue weighted by atomic mass is 9.88. The van der Waals surface area contributed by atoms with Gasteiger partial charge < -0.3 is 29.2 Å². The van der Waals surface area contributed by atoms with Gasteiger partial charge in [-0.1, -0.05) is 24.3 Å². The van der Waals surface area contributed by atoms with Crippen molar-refractivity contribution < 1.29 is 34.0 Å². The SMILES string of the molecule is O=C(OC1[C@@H]2C=C[C@H]1O2)c1cccc2c1C[C@H]1Oc3cccc(O)c3[C@H](O)[C@@H]1O2. The molecule has 29 heavy (non-hydrogen) atoms. The van der Waals surface area contributed by atoms with Crippen molar-refractivity contribution in [1.82, 2.24) is 0 Å². The van der Waals surface area contributed by atoms with Gasteiger partial charge in [-0.2, -0.15) is 0 Å². The molecule has 0 amide bonds. The fourth-order valence-electron chi connectivity index (χ4n) is 4.54. The monoisotopic (exact) mass is 394 g/mol. The number of carbonyl (C=O) groups is 1. The van der Waals surface area contributed by atoms with Gasteiger partial charge in [0.05, 0.1) is 11.1 Å². The first kappa shape index (κ1) is 16.9. The Hall–Kier alpha value is -3.03. The van der Waals surface area contributed by atoms with E-state index in [1.54, 1.807) is 30.3 Å². The van der Waals surface area contributed by atoms with Crippen molar-refractivity contribution >= 4 is 5.97 Å². The number of hydrogen-bond donors (Lipinski definition) is 2. The lowest BCUT2D eigenvalue weighted by molar-refractivity contribution is -0.165. The molecular weight excluding hydrogens is 376 g/mol. The van der Waals surface area contributed by atoms with E-state index in [0.717, 1.165) is 0 Å². The number of carbonyl (C=O) groups excluding carboxylic acids is 1. The third kappa shape index (κ3) is 2.41. The van der Waals surface area contributed by atoms with E-state index in [1.807, 2.05) is 12.2 Å². The van der Waals surface area contributed by atoms with E-state index in [1.165, 1.54) is 6.07 Å². The van der Waals surface area contributed by atoms with Crippen molar-refractivity contribution in [1.29, 1.82) is 0 Å². The molecule has 2 aromatic rings. The minimum atomic E-state index is -1.04. The normalized spacial score (nSPS) is 32.7. The van der Waals surface area contributed by atoms with E-state index in [4.69, 9.17) is 18.9 Å². The van der Waals surface area contributed by atoms with E-state index >= 15 is 0 Å². The zero-order chi connectivity index (χ0) is 19.7. The van der Waals surface area contributed by atoms with E-state index in [-0.39, 0.29) is 24.1 Å². The molecule has 0 aromatic heterocycles. The molecule has 148 valence electrons. The van der Waals surface area contributed by atoms with Gasteiger partial charge in [-0.15, -0.1) is 0 Å². The fraction of sp³-hybridized carbons (Fsp3) is 0.318. The molecule has 6 atom stereocenters. The lowest BCUT2D eigenvalue weighted by Gasteiger charge is -2.41. The highest BCUT2D eigenvalue weighted by atomic mass is 16.6. The number of hydrogen-bond acceptors (Lipinski definition) is 7. The average Bonchev–Trinajstić information content (AvgIpc) is 3.35. The van der Waals surface area contributed by atoms with Crippen molar-refractivity contribution in [2.75, 3.05) is 0 Å². The van der Waals surface area contributed by atoms with Crippen LogP contribution in [0.15, 0.2) is 48.6 Å². The van der Waals surface area contributed by atoms with Crippen LogP contribution in [0, 0.1) is 0 Å². The second-order valence-corrected chi connectivity index (χ2v) is 7.68. The van der Waals surface area contributed by atoms with Crippen LogP contribution in [-0.2, 0) is 15.9 Å². The fourth-order valence-corrected chi connectivity index (χ4v) is 4.54. The summed E-state index contributed by atoms with van der Waals surface area (Å²) >= 11 is 0. The maximum Gasteiger partial charge on any atom is 0.339 e. The molecule has 5 aliphatic rings. The van der Waals surface area contributed by atoms with E-state index in [2.05, 4.69) is 0 Å². The number of ether oxygens (including phenoxy) is 4. The molecule has 7 rings (SSSR count). The van der Waals surface area contributed by atoms with Gasteiger partial charge in [0.15, 0.2) is 12.2 Å². The molecule has 7 heteroatoms. The predicted octanol–water partition coefficient (Wildman–Crippen LogP) is 2.05. The highest BCUT2D eigenvalue weighted by Gasteiger charge is 2.48. The lowest BCUT2D eigenvalue weighted by Crippen LogP contribution is -2.50. The Morgan fingerprint density at radius 2 is 1.79 bits per heavy atom. The van der Waals surface area contributed by atoms with Gasteiger partial charge in [0, 0.05) is 12.0 Å². The summed E-state index contributed by atoms with van der Waals surface area (Å²) in [5, 5.41) is 20.9. The molecule has 1 aliphatic carbocycles. The molecule has 0 saturated carbocycles. The summed E-state index contributed by atoms with van der Waals surface area (Å²) < 4.78 is 23.1. The summed E-state index contributed by atoms with van der Waals surface area (Å²) in [5.74, 6) is 0.463. The highest BCUT2D eigenvalue weighted by molar-refractivity contribution is 5.92. The topological polar surface area (TPSA) is 94.5 Å². The van der Waals surface area contributed by atoms with Gasteiger partial charge in [0.1, 0.15) is 41.7 Å². The zero-order valence-electron chi connectivity index (χ0n) is 15.2. The Bertz CT molecular complexity index is 1030. The number of rotatable bonds is 2. The Labute approximate surface area is 166 Å². The molecule has 1 unspecified atom stereocenters. The Morgan fingerprint density at radius 3 is 2.59 bits per heavy atom. The number of phenols is 1. The Kier molecular flexibility index (Phi) is 3.48. The number of aliphatic hydroxyl groups is 1. The van der Waals surface area contributed by atoms with Crippen LogP contribution in [0.3, 0.4) is 0 Å². The molecule has 0 radical (unpaired) electrons. The van der Waals surface area contributed by atoms with Crippen molar-refractivity contribution in [3.05, 3.63) is 65.2 Å². The molecule has 4 aliphatic heterocycles. The molecule has 2 N–H and O–H groups in total. The van der Waals surface area contributed by atoms with Crippen LogP contribution in [0.1, 0.15) is 27.6 Å². The number of aromatic hydroxyl groups is 1. The molecular formula is C22H18O7. The van der Waals surface area contributed by atoms with Crippen LogP contribution in [0.2, 0.25) is 0 Å². The summed E-state index contributed by atoms with van der Waals surface area (Å²) in [5.41, 5.74) is 1.43. The van der Waals surface area contributed by atoms with Gasteiger partial charge >= 0.3 is 5.97 Å². The number of fused-ring (bicyclic) bond motifs is 3. The van der Waals surface area contributed by atoms with Crippen LogP contribution >= 0.6 is 0 Å². The van der Waals surface area contributed by atoms with Crippen LogP contribution in [-0.4, -0.2) is 46.7 Å². The molecule has 2 aromatic carbocycles. The molecule has 4 heterocycles. The van der Waals surface area contributed by atoms with Crippen molar-refractivity contribution in [3.63, 3.8) is 0 Å². The highest BCUT2D eigenvalue weighted by Crippen LogP contribution is 2.45. The Morgan fingerprint density at radius 1 is 1.03 bits per heavy atom. The standard InChI is InChI=1S/C22H18O7/c23-12-4-2-6-14-18(12)19(24)21-17(26-14)9-11-10(3-1-5-13(11)28-21)22(25)29-20-15-7-8-16(20)27-15/h1-8,15-17,19-21,23-24H,9H2/t15-,16+,17-,19+,20?,21-/m1/s1. The largest absolute Gasteiger partial charge is 0.507 e. The Balaban J connectivity index is 1.30. The first-order valence-corrected chi connectivity index (χ1v) is 9.60. The average molecular weight is 394 g/mol. The third-order valence-corrected chi connectivity index (χ3v) is 6.01. The van der Waals surface area contributed by atoms with E-state index in [9.17, 15) is 15.0 Å². The first-order chi connectivity index (χ1) is 14.1. The number of esters is 1. The number of aliphatic hydroxyl groups excluding tert-OH is 1. The van der Waals surface area contributed by atoms with Crippen molar-refractivity contribution in [2.45, 2.75) is 43.0 Å². The van der Waals surface area contributed by atoms with E-state index < -0.39 is 24.3 Å². The summed E-state index contributed by atoms with van der Waals surface area (Å²) in [6.07, 6.45) is 1.36. The van der Waals surface area contributed by atoms with Crippen LogP contribution in [0.4, 0.5) is 0 Å². The van der Waals surface area contributed by atoms with Gasteiger partial charge in [-0.3, -0.25) is 0 Å². The van der Waals surface area contributed by atoms with Crippen LogP contribution < -0.4 is 9.47 Å². The van der Waals surface area contributed by atoms with Gasteiger partial charge in [0.2, 0.25) is 0 Å². The third-order valence-electron chi connectivity index (χ3n) is 6.01. The molecule has 0 spiro atoms. The number of phenolic OH excluding ortho intramolecular Hbond substituents is 1. The zero-order valence-corrected chi connectivity index (χ0v) is 15.2. The quantitative estimate of drug-likeness (QED) is 0.595. The molecule has 7 nitrogen and oxygen atoms in total. The van der Waals surface area contributed by atoms with Crippen LogP contribution in [0.5, 0.6) is 17.2 Å². The smallest absolute Gasteiger partial charge is 0.339 e. The van der Waals surface area contributed by atoms with Gasteiger partial charge in [-0.05, 0) is 24.3 Å². The first-order valence-electron chi connectivity index (χ1n) is 9.60. The van der Waals surface area contributed by atoms with Crippen molar-refractivity contribution in [3.8, 4) is 17.2 Å². The maximum atomic E-state index is 12.8.